The van der Waals surface area contributed by atoms with E-state index in [0.29, 0.717) is 12.2 Å². The highest BCUT2D eigenvalue weighted by atomic mass is 16.3. The molecule has 0 unspecified atom stereocenters. The smallest absolute Gasteiger partial charge is 0.150 e. The minimum Gasteiger partial charge on any atom is -0.396 e. The van der Waals surface area contributed by atoms with Gasteiger partial charge in [0.2, 0.25) is 0 Å². The van der Waals surface area contributed by atoms with E-state index >= 15 is 0 Å². The largest absolute Gasteiger partial charge is 0.396 e. The van der Waals surface area contributed by atoms with Crippen LogP contribution in [0.4, 0.5) is 5.82 Å². The molecule has 17 heavy (non-hydrogen) atoms. The normalized spacial score (nSPS) is 11.4. The molecule has 3 aromatic rings. The quantitative estimate of drug-likeness (QED) is 0.615. The second-order valence-electron chi connectivity index (χ2n) is 3.89. The molecule has 5 nitrogen and oxygen atoms in total. The molecule has 0 atom stereocenters. The van der Waals surface area contributed by atoms with Gasteiger partial charge < -0.3 is 15.8 Å². The van der Waals surface area contributed by atoms with Crippen molar-refractivity contribution >= 4 is 27.8 Å². The highest BCUT2D eigenvalue weighted by Gasteiger charge is 2.10. The van der Waals surface area contributed by atoms with Gasteiger partial charge in [0.1, 0.15) is 22.7 Å². The predicted octanol–water partition coefficient (Wildman–Crippen LogP) is 1.23. The third kappa shape index (κ3) is 1.52. The summed E-state index contributed by atoms with van der Waals surface area (Å²) in [7, 11) is 0. The van der Waals surface area contributed by atoms with Crippen LogP contribution in [0.1, 0.15) is 5.82 Å². The van der Waals surface area contributed by atoms with Crippen molar-refractivity contribution in [3.8, 4) is 0 Å². The van der Waals surface area contributed by atoms with E-state index in [4.69, 9.17) is 10.8 Å². The lowest BCUT2D eigenvalue weighted by molar-refractivity contribution is 0.297. The van der Waals surface area contributed by atoms with Gasteiger partial charge >= 0.3 is 0 Å². The Morgan fingerprint density at radius 2 is 2.06 bits per heavy atom. The zero-order chi connectivity index (χ0) is 11.8. The van der Waals surface area contributed by atoms with Gasteiger partial charge in [0.05, 0.1) is 12.1 Å². The van der Waals surface area contributed by atoms with E-state index in [1.807, 2.05) is 24.3 Å². The molecule has 5 heteroatoms. The van der Waals surface area contributed by atoms with Crippen LogP contribution >= 0.6 is 0 Å². The number of pyridine rings is 1. The van der Waals surface area contributed by atoms with E-state index in [1.165, 1.54) is 0 Å². The number of para-hydroxylation sites is 1. The molecule has 0 amide bonds. The second-order valence-corrected chi connectivity index (χ2v) is 3.89. The lowest BCUT2D eigenvalue weighted by Gasteiger charge is -1.99. The number of rotatable bonds is 2. The first kappa shape index (κ1) is 10.0. The molecule has 0 aliphatic carbocycles. The van der Waals surface area contributed by atoms with Gasteiger partial charge in [-0.15, -0.1) is 0 Å². The number of aromatic amines is 1. The fraction of sp³-hybridized carbons (Fsp3) is 0.167. The molecule has 0 fully saturated rings. The van der Waals surface area contributed by atoms with Gasteiger partial charge in [-0.1, -0.05) is 18.2 Å². The molecular formula is C12H12N4O. The summed E-state index contributed by atoms with van der Waals surface area (Å²) in [5.41, 5.74) is 8.28. The molecule has 0 radical (unpaired) electrons. The number of benzene rings is 1. The maximum Gasteiger partial charge on any atom is 0.150 e. The molecule has 0 saturated heterocycles. The fourth-order valence-corrected chi connectivity index (χ4v) is 1.98. The third-order valence-corrected chi connectivity index (χ3v) is 2.76. The minimum absolute atomic E-state index is 0.0606. The van der Waals surface area contributed by atoms with Gasteiger partial charge in [-0.05, 0) is 6.07 Å². The van der Waals surface area contributed by atoms with Gasteiger partial charge in [-0.2, -0.15) is 0 Å². The third-order valence-electron chi connectivity index (χ3n) is 2.76. The van der Waals surface area contributed by atoms with Crippen LogP contribution in [-0.2, 0) is 6.42 Å². The molecule has 2 aromatic heterocycles. The number of fused-ring (bicyclic) bond motifs is 3. The van der Waals surface area contributed by atoms with E-state index in [-0.39, 0.29) is 6.61 Å². The maximum atomic E-state index is 8.92. The van der Waals surface area contributed by atoms with Crippen LogP contribution in [0, 0.1) is 0 Å². The highest BCUT2D eigenvalue weighted by Crippen LogP contribution is 2.25. The molecule has 4 N–H and O–H groups in total. The summed E-state index contributed by atoms with van der Waals surface area (Å²) < 4.78 is 0. The van der Waals surface area contributed by atoms with E-state index in [2.05, 4.69) is 15.0 Å². The summed E-state index contributed by atoms with van der Waals surface area (Å²) in [6, 6.07) is 7.74. The number of anilines is 1. The number of nitrogens with two attached hydrogens (primary N) is 1. The maximum absolute atomic E-state index is 8.92. The molecule has 0 aliphatic heterocycles. The van der Waals surface area contributed by atoms with Gasteiger partial charge in [0.25, 0.3) is 0 Å². The first-order valence-corrected chi connectivity index (χ1v) is 5.43. The Morgan fingerprint density at radius 1 is 1.24 bits per heavy atom. The topological polar surface area (TPSA) is 87.8 Å². The van der Waals surface area contributed by atoms with Crippen molar-refractivity contribution in [1.29, 1.82) is 0 Å². The molecular weight excluding hydrogens is 216 g/mol. The van der Waals surface area contributed by atoms with E-state index in [1.54, 1.807) is 0 Å². The summed E-state index contributed by atoms with van der Waals surface area (Å²) in [4.78, 5) is 11.9. The lowest BCUT2D eigenvalue weighted by atomic mass is 10.2. The Balaban J connectivity index is 2.39. The van der Waals surface area contributed by atoms with E-state index < -0.39 is 0 Å². The average Bonchev–Trinajstić information content (AvgIpc) is 2.74. The van der Waals surface area contributed by atoms with Crippen LogP contribution in [0.2, 0.25) is 0 Å². The Bertz CT molecular complexity index is 689. The molecule has 86 valence electrons. The van der Waals surface area contributed by atoms with Crippen molar-refractivity contribution in [3.05, 3.63) is 30.1 Å². The first-order valence-electron chi connectivity index (χ1n) is 5.43. The number of aliphatic hydroxyl groups is 1. The van der Waals surface area contributed by atoms with Crippen molar-refractivity contribution in [2.45, 2.75) is 6.42 Å². The number of hydrogen-bond donors (Lipinski definition) is 3. The molecule has 0 saturated carbocycles. The standard InChI is InChI=1S/C12H12N4O/c13-12-11-10(15-9(16-11)5-6-17)7-3-1-2-4-8(7)14-12/h1-4,17H,5-6H2,(H2,13,14)(H,15,16). The zero-order valence-electron chi connectivity index (χ0n) is 9.14. The summed E-state index contributed by atoms with van der Waals surface area (Å²) in [6.07, 6.45) is 0.489. The Kier molecular flexibility index (Phi) is 2.19. The molecule has 1 aromatic carbocycles. The van der Waals surface area contributed by atoms with E-state index in [0.717, 1.165) is 27.8 Å². The van der Waals surface area contributed by atoms with Crippen LogP contribution in [0.5, 0.6) is 0 Å². The zero-order valence-corrected chi connectivity index (χ0v) is 9.14. The van der Waals surface area contributed by atoms with E-state index in [9.17, 15) is 0 Å². The van der Waals surface area contributed by atoms with Gasteiger partial charge in [-0.3, -0.25) is 0 Å². The monoisotopic (exact) mass is 228 g/mol. The number of nitrogens with one attached hydrogen (secondary N) is 1. The van der Waals surface area contributed by atoms with Crippen molar-refractivity contribution in [2.24, 2.45) is 0 Å². The number of hydrogen-bond acceptors (Lipinski definition) is 4. The lowest BCUT2D eigenvalue weighted by Crippen LogP contribution is -1.93. The number of nitrogens with zero attached hydrogens (tertiary/aromatic N) is 2. The van der Waals surface area contributed by atoms with Crippen LogP contribution in [0.15, 0.2) is 24.3 Å². The summed E-state index contributed by atoms with van der Waals surface area (Å²) in [5, 5.41) is 9.89. The molecule has 3 rings (SSSR count). The minimum atomic E-state index is 0.0606. The Hall–Kier alpha value is -2.14. The van der Waals surface area contributed by atoms with Crippen LogP contribution in [-0.4, -0.2) is 26.7 Å². The van der Waals surface area contributed by atoms with Crippen LogP contribution in [0.3, 0.4) is 0 Å². The fourth-order valence-electron chi connectivity index (χ4n) is 1.98. The van der Waals surface area contributed by atoms with Gasteiger partial charge in [0.15, 0.2) is 0 Å². The van der Waals surface area contributed by atoms with Gasteiger partial charge in [0, 0.05) is 11.8 Å². The number of imidazole rings is 1. The summed E-state index contributed by atoms with van der Waals surface area (Å²) in [6.45, 7) is 0.0606. The molecule has 2 heterocycles. The summed E-state index contributed by atoms with van der Waals surface area (Å²) >= 11 is 0. The van der Waals surface area contributed by atoms with Crippen molar-refractivity contribution in [3.63, 3.8) is 0 Å². The molecule has 0 spiro atoms. The summed E-state index contributed by atoms with van der Waals surface area (Å²) in [5.74, 6) is 1.17. The molecule has 0 aliphatic rings. The molecule has 0 bridgehead atoms. The number of aromatic nitrogens is 3. The Morgan fingerprint density at radius 3 is 2.88 bits per heavy atom. The predicted molar refractivity (Wildman–Crippen MR) is 66.6 cm³/mol. The first-order chi connectivity index (χ1) is 8.29. The second kappa shape index (κ2) is 3.71. The Labute approximate surface area is 97.3 Å². The van der Waals surface area contributed by atoms with Crippen molar-refractivity contribution in [2.75, 3.05) is 12.3 Å². The van der Waals surface area contributed by atoms with Crippen molar-refractivity contribution < 1.29 is 5.11 Å². The SMILES string of the molecule is Nc1nc2ccccc2c2nc(CCO)[nH]c12. The van der Waals surface area contributed by atoms with Gasteiger partial charge in [-0.25, -0.2) is 9.97 Å². The number of H-pyrrole nitrogens is 1. The number of nitrogen functional groups attached to an aromatic ring is 1. The number of aliphatic hydroxyl groups excluding tert-OH is 1. The highest BCUT2D eigenvalue weighted by molar-refractivity contribution is 6.05. The van der Waals surface area contributed by atoms with Crippen LogP contribution in [0.25, 0.3) is 21.9 Å². The van der Waals surface area contributed by atoms with Crippen molar-refractivity contribution in [1.82, 2.24) is 15.0 Å². The average molecular weight is 228 g/mol. The van der Waals surface area contributed by atoms with Crippen LogP contribution < -0.4 is 5.73 Å².